The summed E-state index contributed by atoms with van der Waals surface area (Å²) in [4.78, 5) is 19.5. The number of aromatic nitrogens is 3. The van der Waals surface area contributed by atoms with Gasteiger partial charge in [0.05, 0.1) is 25.3 Å². The normalized spacial score (nSPS) is 16.7. The van der Waals surface area contributed by atoms with Gasteiger partial charge in [-0.05, 0) is 50.9 Å². The molecule has 0 radical (unpaired) electrons. The molecule has 1 aromatic heterocycles. The van der Waals surface area contributed by atoms with Crippen molar-refractivity contribution in [1.29, 1.82) is 0 Å². The Morgan fingerprint density at radius 3 is 3.00 bits per heavy atom. The second kappa shape index (κ2) is 8.18. The van der Waals surface area contributed by atoms with Crippen LogP contribution in [0.5, 0.6) is 11.5 Å². The van der Waals surface area contributed by atoms with Gasteiger partial charge in [0.25, 0.3) is 5.91 Å². The Labute approximate surface area is 152 Å². The van der Waals surface area contributed by atoms with Crippen LogP contribution in [0.3, 0.4) is 0 Å². The number of likely N-dealkylation sites (tertiary alicyclic amines) is 1. The Bertz CT molecular complexity index is 761. The largest absolute Gasteiger partial charge is 0.497 e. The van der Waals surface area contributed by atoms with E-state index in [-0.39, 0.29) is 11.9 Å². The summed E-state index contributed by atoms with van der Waals surface area (Å²) < 4.78 is 11.1. The molecule has 0 unspecified atom stereocenters. The van der Waals surface area contributed by atoms with Gasteiger partial charge in [-0.25, -0.2) is 4.98 Å². The summed E-state index contributed by atoms with van der Waals surface area (Å²) in [6, 6.07) is 5.15. The van der Waals surface area contributed by atoms with Crippen LogP contribution < -0.4 is 15.2 Å². The molecule has 1 saturated heterocycles. The van der Waals surface area contributed by atoms with E-state index < -0.39 is 0 Å². The molecule has 26 heavy (non-hydrogen) atoms. The highest BCUT2D eigenvalue weighted by molar-refractivity contribution is 5.97. The highest BCUT2D eigenvalue weighted by Crippen LogP contribution is 2.34. The number of hydrogen-bond acceptors (Lipinski definition) is 6. The van der Waals surface area contributed by atoms with Gasteiger partial charge in [-0.15, -0.1) is 0 Å². The first-order valence-electron chi connectivity index (χ1n) is 8.84. The lowest BCUT2D eigenvalue weighted by molar-refractivity contribution is 0.0725. The number of benzene rings is 1. The summed E-state index contributed by atoms with van der Waals surface area (Å²) in [7, 11) is 1.58. The quantitative estimate of drug-likeness (QED) is 0.731. The van der Waals surface area contributed by atoms with E-state index in [4.69, 9.17) is 15.2 Å². The zero-order valence-electron chi connectivity index (χ0n) is 15.2. The molecule has 1 aromatic carbocycles. The Morgan fingerprint density at radius 2 is 2.31 bits per heavy atom. The molecule has 3 N–H and O–H groups in total. The van der Waals surface area contributed by atoms with Crippen LogP contribution in [0.4, 0.5) is 0 Å². The van der Waals surface area contributed by atoms with Crippen molar-refractivity contribution in [2.75, 3.05) is 26.8 Å². The third-order valence-electron chi connectivity index (χ3n) is 4.45. The Balaban J connectivity index is 1.87. The zero-order chi connectivity index (χ0) is 18.5. The molecule has 0 spiro atoms. The van der Waals surface area contributed by atoms with E-state index in [1.807, 2.05) is 11.8 Å². The monoisotopic (exact) mass is 359 g/mol. The number of rotatable bonds is 7. The molecule has 1 aliphatic rings. The van der Waals surface area contributed by atoms with Crippen molar-refractivity contribution in [1.82, 2.24) is 20.1 Å². The molecule has 1 aliphatic heterocycles. The molecule has 8 nitrogen and oxygen atoms in total. The summed E-state index contributed by atoms with van der Waals surface area (Å²) in [6.07, 6.45) is 2.48. The molecule has 1 fully saturated rings. The van der Waals surface area contributed by atoms with Gasteiger partial charge in [0.15, 0.2) is 5.82 Å². The van der Waals surface area contributed by atoms with E-state index in [9.17, 15) is 4.79 Å². The van der Waals surface area contributed by atoms with Gasteiger partial charge in [-0.3, -0.25) is 9.89 Å². The number of carbonyl (C=O) groups is 1. The lowest BCUT2D eigenvalue weighted by Crippen LogP contribution is -2.31. The summed E-state index contributed by atoms with van der Waals surface area (Å²) >= 11 is 0. The summed E-state index contributed by atoms with van der Waals surface area (Å²) in [6.45, 7) is 3.52. The molecule has 140 valence electrons. The minimum atomic E-state index is -0.129. The van der Waals surface area contributed by atoms with Gasteiger partial charge in [0, 0.05) is 6.54 Å². The zero-order valence-corrected chi connectivity index (χ0v) is 15.2. The average Bonchev–Trinajstić information content (AvgIpc) is 3.30. The first-order chi connectivity index (χ1) is 12.6. The van der Waals surface area contributed by atoms with Crippen molar-refractivity contribution < 1.29 is 14.3 Å². The van der Waals surface area contributed by atoms with Gasteiger partial charge in [-0.2, -0.15) is 5.10 Å². The summed E-state index contributed by atoms with van der Waals surface area (Å²) in [5.74, 6) is 2.45. The molecule has 3 rings (SSSR count). The number of aryl methyl sites for hydroxylation is 1. The minimum absolute atomic E-state index is 0.100. The Kier molecular flexibility index (Phi) is 5.72. The predicted octanol–water partition coefficient (Wildman–Crippen LogP) is 1.83. The van der Waals surface area contributed by atoms with Gasteiger partial charge in [-0.1, -0.05) is 0 Å². The maximum atomic E-state index is 13.3. The van der Waals surface area contributed by atoms with Crippen LogP contribution in [-0.4, -0.2) is 52.8 Å². The fourth-order valence-electron chi connectivity index (χ4n) is 3.14. The molecule has 1 atom stereocenters. The first kappa shape index (κ1) is 18.2. The van der Waals surface area contributed by atoms with E-state index in [0.29, 0.717) is 42.6 Å². The van der Waals surface area contributed by atoms with Crippen LogP contribution in [0.1, 0.15) is 47.3 Å². The van der Waals surface area contributed by atoms with Crippen molar-refractivity contribution in [2.24, 2.45) is 5.73 Å². The van der Waals surface area contributed by atoms with E-state index in [2.05, 4.69) is 15.2 Å². The maximum absolute atomic E-state index is 13.3. The predicted molar refractivity (Wildman–Crippen MR) is 96.3 cm³/mol. The van der Waals surface area contributed by atoms with Gasteiger partial charge in [0.1, 0.15) is 17.3 Å². The molecule has 0 aliphatic carbocycles. The van der Waals surface area contributed by atoms with Gasteiger partial charge in [0.2, 0.25) is 0 Å². The second-order valence-corrected chi connectivity index (χ2v) is 6.29. The van der Waals surface area contributed by atoms with E-state index in [1.54, 1.807) is 25.3 Å². The number of nitrogens with one attached hydrogen (secondary N) is 1. The molecule has 8 heteroatoms. The van der Waals surface area contributed by atoms with Crippen LogP contribution in [0, 0.1) is 6.92 Å². The first-order valence-corrected chi connectivity index (χ1v) is 8.84. The van der Waals surface area contributed by atoms with Crippen molar-refractivity contribution in [3.05, 3.63) is 35.4 Å². The molecule has 1 amide bonds. The second-order valence-electron chi connectivity index (χ2n) is 6.29. The van der Waals surface area contributed by atoms with E-state index in [1.165, 1.54) is 0 Å². The van der Waals surface area contributed by atoms with E-state index >= 15 is 0 Å². The lowest BCUT2D eigenvalue weighted by atomic mass is 10.1. The molecule has 0 bridgehead atoms. The third kappa shape index (κ3) is 3.80. The van der Waals surface area contributed by atoms with Crippen LogP contribution in [0.15, 0.2) is 18.2 Å². The molecule has 2 heterocycles. The number of carbonyl (C=O) groups excluding carboxylic acids is 1. The Morgan fingerprint density at radius 1 is 1.46 bits per heavy atom. The van der Waals surface area contributed by atoms with Crippen molar-refractivity contribution in [3.8, 4) is 11.5 Å². The summed E-state index contributed by atoms with van der Waals surface area (Å²) in [5, 5.41) is 7.09. The number of hydrogen-bond donors (Lipinski definition) is 2. The Hall–Kier alpha value is -2.61. The summed E-state index contributed by atoms with van der Waals surface area (Å²) in [5.41, 5.74) is 6.01. The number of methoxy groups -OCH3 is 1. The highest BCUT2D eigenvalue weighted by atomic mass is 16.5. The fraction of sp³-hybridized carbons (Fsp3) is 0.500. The highest BCUT2D eigenvalue weighted by Gasteiger charge is 2.34. The fourth-order valence-corrected chi connectivity index (χ4v) is 3.14. The number of H-pyrrole nitrogens is 1. The SMILES string of the molecule is COc1ccc(OCCCN)c(C(=O)N2CCC[C@H]2c2n[nH]c(C)n2)c1. The topological polar surface area (TPSA) is 106 Å². The van der Waals surface area contributed by atoms with Crippen molar-refractivity contribution in [3.63, 3.8) is 0 Å². The van der Waals surface area contributed by atoms with Crippen LogP contribution in [-0.2, 0) is 0 Å². The van der Waals surface area contributed by atoms with Crippen LogP contribution in [0.2, 0.25) is 0 Å². The number of nitrogens with two attached hydrogens (primary N) is 1. The molecular weight excluding hydrogens is 334 g/mol. The minimum Gasteiger partial charge on any atom is -0.497 e. The third-order valence-corrected chi connectivity index (χ3v) is 4.45. The van der Waals surface area contributed by atoms with Crippen molar-refractivity contribution >= 4 is 5.91 Å². The number of aromatic amines is 1. The average molecular weight is 359 g/mol. The molecular formula is C18H25N5O3. The van der Waals surface area contributed by atoms with Gasteiger partial charge >= 0.3 is 0 Å². The van der Waals surface area contributed by atoms with Crippen LogP contribution in [0.25, 0.3) is 0 Å². The smallest absolute Gasteiger partial charge is 0.258 e. The number of amides is 1. The number of ether oxygens (including phenoxy) is 2. The van der Waals surface area contributed by atoms with Crippen molar-refractivity contribution in [2.45, 2.75) is 32.2 Å². The van der Waals surface area contributed by atoms with E-state index in [0.717, 1.165) is 25.1 Å². The number of nitrogens with zero attached hydrogens (tertiary/aromatic N) is 3. The van der Waals surface area contributed by atoms with Crippen LogP contribution >= 0.6 is 0 Å². The standard InChI is InChI=1S/C18H25N5O3/c1-12-20-17(22-21-12)15-5-3-9-23(15)18(24)14-11-13(25-2)6-7-16(14)26-10-4-8-19/h6-7,11,15H,3-5,8-10,19H2,1-2H3,(H,20,21,22)/t15-/m0/s1. The maximum Gasteiger partial charge on any atom is 0.258 e. The molecule has 2 aromatic rings. The van der Waals surface area contributed by atoms with Gasteiger partial charge < -0.3 is 20.1 Å². The lowest BCUT2D eigenvalue weighted by Gasteiger charge is -2.24. The molecule has 0 saturated carbocycles.